The Labute approximate surface area is 115 Å². The molecule has 0 aromatic heterocycles. The lowest BCUT2D eigenvalue weighted by Crippen LogP contribution is -2.59. The Bertz CT molecular complexity index is 374. The molecule has 3 nitrogen and oxygen atoms in total. The fourth-order valence-corrected chi connectivity index (χ4v) is 5.12. The van der Waals surface area contributed by atoms with Crippen LogP contribution in [0.3, 0.4) is 0 Å². The molecule has 4 rings (SSSR count). The first-order valence-corrected chi connectivity index (χ1v) is 7.83. The number of hydrogen-bond acceptors (Lipinski definition) is 2. The highest BCUT2D eigenvalue weighted by molar-refractivity contribution is 5.77. The number of nitriles is 1. The molecule has 1 N–H and O–H groups in total. The van der Waals surface area contributed by atoms with Gasteiger partial charge in [0.1, 0.15) is 0 Å². The van der Waals surface area contributed by atoms with E-state index in [1.165, 1.54) is 38.5 Å². The molecule has 1 atom stereocenters. The van der Waals surface area contributed by atoms with E-state index >= 15 is 0 Å². The zero-order chi connectivity index (χ0) is 13.5. The van der Waals surface area contributed by atoms with Crippen molar-refractivity contribution in [3.8, 4) is 6.07 Å². The minimum atomic E-state index is -0.117. The van der Waals surface area contributed by atoms with Gasteiger partial charge in [-0.15, -0.1) is 0 Å². The van der Waals surface area contributed by atoms with Gasteiger partial charge < -0.3 is 5.32 Å². The molecule has 104 valence electrons. The van der Waals surface area contributed by atoms with Crippen molar-refractivity contribution in [2.45, 2.75) is 63.8 Å². The Kier molecular flexibility index (Phi) is 3.28. The molecule has 0 heterocycles. The molecule has 4 fully saturated rings. The van der Waals surface area contributed by atoms with Crippen molar-refractivity contribution in [3.63, 3.8) is 0 Å². The van der Waals surface area contributed by atoms with E-state index in [1.54, 1.807) is 0 Å². The number of carbonyl (C=O) groups is 1. The summed E-state index contributed by atoms with van der Waals surface area (Å²) in [6, 6.07) is 2.23. The molecule has 0 spiro atoms. The van der Waals surface area contributed by atoms with Crippen LogP contribution >= 0.6 is 0 Å². The lowest BCUT2D eigenvalue weighted by molar-refractivity contribution is -0.127. The third-order valence-electron chi connectivity index (χ3n) is 5.55. The molecule has 0 aromatic carbocycles. The highest BCUT2D eigenvalue weighted by Gasteiger charge is 2.51. The summed E-state index contributed by atoms with van der Waals surface area (Å²) in [5.41, 5.74) is 0.0968. The van der Waals surface area contributed by atoms with Gasteiger partial charge in [0.2, 0.25) is 5.91 Å². The molecule has 19 heavy (non-hydrogen) atoms. The van der Waals surface area contributed by atoms with Gasteiger partial charge in [0, 0.05) is 12.0 Å². The van der Waals surface area contributed by atoms with E-state index in [0.717, 1.165) is 24.2 Å². The Hall–Kier alpha value is -1.04. The second-order valence-electron chi connectivity index (χ2n) is 7.18. The predicted octanol–water partition coefficient (Wildman–Crippen LogP) is 3.01. The summed E-state index contributed by atoms with van der Waals surface area (Å²) in [6.45, 7) is 1.98. The number of amides is 1. The lowest BCUT2D eigenvalue weighted by Gasteiger charge is -2.57. The average Bonchev–Trinajstić information content (AvgIpc) is 2.33. The molecule has 3 heteroatoms. The maximum Gasteiger partial charge on any atom is 0.221 e. The number of hydrogen-bond donors (Lipinski definition) is 1. The molecular formula is C16H24N2O. The van der Waals surface area contributed by atoms with Gasteiger partial charge in [-0.25, -0.2) is 0 Å². The smallest absolute Gasteiger partial charge is 0.221 e. The lowest BCUT2D eigenvalue weighted by atomic mass is 9.53. The van der Waals surface area contributed by atoms with Crippen molar-refractivity contribution in [2.24, 2.45) is 23.7 Å². The Morgan fingerprint density at radius 1 is 1.26 bits per heavy atom. The van der Waals surface area contributed by atoms with E-state index in [0.29, 0.717) is 6.42 Å². The zero-order valence-corrected chi connectivity index (χ0v) is 11.8. The van der Waals surface area contributed by atoms with Crippen LogP contribution in [-0.4, -0.2) is 11.4 Å². The van der Waals surface area contributed by atoms with Crippen LogP contribution < -0.4 is 5.32 Å². The van der Waals surface area contributed by atoms with Gasteiger partial charge >= 0.3 is 0 Å². The highest BCUT2D eigenvalue weighted by Crippen LogP contribution is 2.55. The van der Waals surface area contributed by atoms with Crippen LogP contribution in [0.1, 0.15) is 58.3 Å². The van der Waals surface area contributed by atoms with Crippen molar-refractivity contribution in [3.05, 3.63) is 0 Å². The highest BCUT2D eigenvalue weighted by atomic mass is 16.1. The quantitative estimate of drug-likeness (QED) is 0.844. The first-order chi connectivity index (χ1) is 9.12. The average molecular weight is 260 g/mol. The minimum Gasteiger partial charge on any atom is -0.351 e. The fourth-order valence-electron chi connectivity index (χ4n) is 5.12. The van der Waals surface area contributed by atoms with E-state index in [4.69, 9.17) is 5.26 Å². The van der Waals surface area contributed by atoms with Crippen LogP contribution in [-0.2, 0) is 4.79 Å². The summed E-state index contributed by atoms with van der Waals surface area (Å²) in [4.78, 5) is 12.2. The van der Waals surface area contributed by atoms with E-state index in [2.05, 4.69) is 11.4 Å². The van der Waals surface area contributed by atoms with Crippen molar-refractivity contribution in [2.75, 3.05) is 0 Å². The molecule has 0 aliphatic heterocycles. The first-order valence-electron chi connectivity index (χ1n) is 7.83. The van der Waals surface area contributed by atoms with Crippen LogP contribution in [0.4, 0.5) is 0 Å². The van der Waals surface area contributed by atoms with Gasteiger partial charge in [-0.2, -0.15) is 5.26 Å². The van der Waals surface area contributed by atoms with E-state index in [-0.39, 0.29) is 17.4 Å². The normalized spacial score (nSPS) is 40.7. The zero-order valence-electron chi connectivity index (χ0n) is 11.8. The van der Waals surface area contributed by atoms with Crippen LogP contribution in [0, 0.1) is 35.0 Å². The number of carbonyl (C=O) groups excluding carboxylic acids is 1. The van der Waals surface area contributed by atoms with Crippen LogP contribution in [0.2, 0.25) is 0 Å². The fraction of sp³-hybridized carbons (Fsp3) is 0.875. The van der Waals surface area contributed by atoms with Crippen molar-refractivity contribution >= 4 is 5.91 Å². The summed E-state index contributed by atoms with van der Waals surface area (Å²) < 4.78 is 0. The Morgan fingerprint density at radius 3 is 2.21 bits per heavy atom. The van der Waals surface area contributed by atoms with E-state index in [1.807, 2.05) is 6.92 Å². The third-order valence-corrected chi connectivity index (χ3v) is 5.55. The molecular weight excluding hydrogens is 236 g/mol. The van der Waals surface area contributed by atoms with Crippen LogP contribution in [0.25, 0.3) is 0 Å². The minimum absolute atomic E-state index is 0.0968. The van der Waals surface area contributed by atoms with E-state index < -0.39 is 0 Å². The van der Waals surface area contributed by atoms with Gasteiger partial charge in [0.15, 0.2) is 0 Å². The van der Waals surface area contributed by atoms with Gasteiger partial charge in [-0.3, -0.25) is 4.79 Å². The molecule has 4 bridgehead atoms. The standard InChI is InChI=1S/C16H24N2O/c1-2-11(10-17)6-15(19)18-16-7-12-3-13(8-16)5-14(4-12)9-16/h11-14H,2-9H2,1H3,(H,18,19). The molecule has 4 saturated carbocycles. The summed E-state index contributed by atoms with van der Waals surface area (Å²) in [6.07, 6.45) is 8.90. The maximum absolute atomic E-state index is 12.2. The predicted molar refractivity (Wildman–Crippen MR) is 73.1 cm³/mol. The van der Waals surface area contributed by atoms with Gasteiger partial charge in [-0.05, 0) is 62.7 Å². The summed E-state index contributed by atoms with van der Waals surface area (Å²) in [5, 5.41) is 12.3. The summed E-state index contributed by atoms with van der Waals surface area (Å²) >= 11 is 0. The third kappa shape index (κ3) is 2.50. The van der Waals surface area contributed by atoms with Crippen molar-refractivity contribution in [1.29, 1.82) is 5.26 Å². The van der Waals surface area contributed by atoms with Gasteiger partial charge in [0.05, 0.1) is 12.0 Å². The second kappa shape index (κ2) is 4.81. The molecule has 0 saturated heterocycles. The Balaban J connectivity index is 1.63. The molecule has 0 radical (unpaired) electrons. The van der Waals surface area contributed by atoms with Crippen molar-refractivity contribution in [1.82, 2.24) is 5.32 Å². The van der Waals surface area contributed by atoms with Crippen molar-refractivity contribution < 1.29 is 4.79 Å². The summed E-state index contributed by atoms with van der Waals surface area (Å²) in [5.74, 6) is 2.54. The molecule has 1 unspecified atom stereocenters. The Morgan fingerprint density at radius 2 is 1.79 bits per heavy atom. The van der Waals surface area contributed by atoms with Crippen LogP contribution in [0.15, 0.2) is 0 Å². The second-order valence-corrected chi connectivity index (χ2v) is 7.18. The number of nitrogens with one attached hydrogen (secondary N) is 1. The molecule has 0 aromatic rings. The molecule has 1 amide bonds. The molecule has 4 aliphatic carbocycles. The SMILES string of the molecule is CCC(C#N)CC(=O)NC12CC3CC(CC(C3)C1)C2. The summed E-state index contributed by atoms with van der Waals surface area (Å²) in [7, 11) is 0. The maximum atomic E-state index is 12.2. The number of nitrogens with zero attached hydrogens (tertiary/aromatic N) is 1. The largest absolute Gasteiger partial charge is 0.351 e. The van der Waals surface area contributed by atoms with E-state index in [9.17, 15) is 4.79 Å². The van der Waals surface area contributed by atoms with Gasteiger partial charge in [-0.1, -0.05) is 6.92 Å². The molecule has 4 aliphatic rings. The van der Waals surface area contributed by atoms with Crippen LogP contribution in [0.5, 0.6) is 0 Å². The topological polar surface area (TPSA) is 52.9 Å². The first kappa shape index (κ1) is 13.0. The monoisotopic (exact) mass is 260 g/mol. The number of rotatable bonds is 4. The van der Waals surface area contributed by atoms with Gasteiger partial charge in [0.25, 0.3) is 0 Å².